The van der Waals surface area contributed by atoms with E-state index in [4.69, 9.17) is 0 Å². The fourth-order valence-electron chi connectivity index (χ4n) is 2.10. The molecule has 0 amide bonds. The molecule has 0 radical (unpaired) electrons. The van der Waals surface area contributed by atoms with Gasteiger partial charge in [-0.25, -0.2) is 21.9 Å². The van der Waals surface area contributed by atoms with Gasteiger partial charge in [-0.15, -0.1) is 0 Å². The number of hydrogen-bond acceptors (Lipinski definition) is 3. The Labute approximate surface area is 111 Å². The highest BCUT2D eigenvalue weighted by atomic mass is 32.2. The highest BCUT2D eigenvalue weighted by Crippen LogP contribution is 2.16. The van der Waals surface area contributed by atoms with Crippen molar-refractivity contribution in [3.63, 3.8) is 0 Å². The molecule has 0 aliphatic carbocycles. The summed E-state index contributed by atoms with van der Waals surface area (Å²) in [6, 6.07) is 2.43. The zero-order valence-corrected chi connectivity index (χ0v) is 11.1. The van der Waals surface area contributed by atoms with Gasteiger partial charge >= 0.3 is 0 Å². The van der Waals surface area contributed by atoms with Crippen LogP contribution in [0, 0.1) is 17.6 Å². The molecule has 1 fully saturated rings. The number of nitrogens with one attached hydrogen (secondary N) is 2. The SMILES string of the molecule is O=S(=O)(NC[C@@H]1CCCNC1)c1ccc(F)cc1F. The summed E-state index contributed by atoms with van der Waals surface area (Å²) in [5, 5.41) is 3.17. The summed E-state index contributed by atoms with van der Waals surface area (Å²) in [6.45, 7) is 1.94. The minimum Gasteiger partial charge on any atom is -0.316 e. The molecule has 1 atom stereocenters. The van der Waals surface area contributed by atoms with E-state index in [9.17, 15) is 17.2 Å². The molecule has 2 N–H and O–H groups in total. The molecule has 0 spiro atoms. The van der Waals surface area contributed by atoms with Gasteiger partial charge in [0.2, 0.25) is 10.0 Å². The van der Waals surface area contributed by atoms with Gasteiger partial charge in [-0.05, 0) is 44.0 Å². The molecule has 0 aromatic heterocycles. The van der Waals surface area contributed by atoms with Crippen LogP contribution in [-0.2, 0) is 10.0 Å². The topological polar surface area (TPSA) is 58.2 Å². The van der Waals surface area contributed by atoms with Crippen molar-refractivity contribution in [1.29, 1.82) is 0 Å². The van der Waals surface area contributed by atoms with Crippen molar-refractivity contribution in [1.82, 2.24) is 10.0 Å². The third-order valence-corrected chi connectivity index (χ3v) is 4.60. The Bertz CT molecular complexity index is 543. The molecule has 0 saturated carbocycles. The Morgan fingerprint density at radius 2 is 2.16 bits per heavy atom. The molecule has 7 heteroatoms. The summed E-state index contributed by atoms with van der Waals surface area (Å²) in [5.41, 5.74) is 0. The number of rotatable bonds is 4. The molecule has 1 saturated heterocycles. The van der Waals surface area contributed by atoms with Crippen LogP contribution >= 0.6 is 0 Å². The van der Waals surface area contributed by atoms with Crippen molar-refractivity contribution in [3.8, 4) is 0 Å². The van der Waals surface area contributed by atoms with Crippen LogP contribution in [0.15, 0.2) is 23.1 Å². The first-order valence-electron chi connectivity index (χ1n) is 6.14. The lowest BCUT2D eigenvalue weighted by molar-refractivity contribution is 0.375. The molecule has 1 aromatic rings. The van der Waals surface area contributed by atoms with Gasteiger partial charge < -0.3 is 5.32 Å². The molecule has 0 unspecified atom stereocenters. The first kappa shape index (κ1) is 14.4. The highest BCUT2D eigenvalue weighted by Gasteiger charge is 2.21. The van der Waals surface area contributed by atoms with E-state index in [0.29, 0.717) is 6.07 Å². The zero-order chi connectivity index (χ0) is 13.9. The lowest BCUT2D eigenvalue weighted by atomic mass is 10.0. The van der Waals surface area contributed by atoms with Crippen LogP contribution in [0.3, 0.4) is 0 Å². The van der Waals surface area contributed by atoms with Gasteiger partial charge in [0.1, 0.15) is 16.5 Å². The second-order valence-corrected chi connectivity index (χ2v) is 6.37. The van der Waals surface area contributed by atoms with Gasteiger partial charge in [0.25, 0.3) is 0 Å². The molecule has 0 bridgehead atoms. The van der Waals surface area contributed by atoms with Crippen molar-refractivity contribution in [2.45, 2.75) is 17.7 Å². The monoisotopic (exact) mass is 290 g/mol. The molecule has 4 nitrogen and oxygen atoms in total. The van der Waals surface area contributed by atoms with Gasteiger partial charge in [0.15, 0.2) is 0 Å². The summed E-state index contributed by atoms with van der Waals surface area (Å²) in [6.07, 6.45) is 1.93. The third kappa shape index (κ3) is 3.71. The van der Waals surface area contributed by atoms with Crippen LogP contribution in [0.2, 0.25) is 0 Å². The Kier molecular flexibility index (Phi) is 4.49. The van der Waals surface area contributed by atoms with Crippen molar-refractivity contribution < 1.29 is 17.2 Å². The van der Waals surface area contributed by atoms with Crippen molar-refractivity contribution in [3.05, 3.63) is 29.8 Å². The van der Waals surface area contributed by atoms with Crippen LogP contribution < -0.4 is 10.0 Å². The fraction of sp³-hybridized carbons (Fsp3) is 0.500. The smallest absolute Gasteiger partial charge is 0.243 e. The predicted octanol–water partition coefficient (Wildman–Crippen LogP) is 1.24. The van der Waals surface area contributed by atoms with E-state index in [0.717, 1.165) is 38.1 Å². The average molecular weight is 290 g/mol. The quantitative estimate of drug-likeness (QED) is 0.877. The van der Waals surface area contributed by atoms with E-state index >= 15 is 0 Å². The molecule has 19 heavy (non-hydrogen) atoms. The maximum absolute atomic E-state index is 13.4. The summed E-state index contributed by atoms with van der Waals surface area (Å²) in [4.78, 5) is -0.516. The molecular formula is C12H16F2N2O2S. The number of piperidine rings is 1. The molecule has 1 aromatic carbocycles. The molecule has 106 valence electrons. The summed E-state index contributed by atoms with van der Waals surface area (Å²) in [7, 11) is -3.93. The van der Waals surface area contributed by atoms with E-state index in [1.807, 2.05) is 0 Å². The largest absolute Gasteiger partial charge is 0.316 e. The van der Waals surface area contributed by atoms with Crippen LogP contribution in [0.25, 0.3) is 0 Å². The second kappa shape index (κ2) is 5.94. The minimum atomic E-state index is -3.93. The number of hydrogen-bond donors (Lipinski definition) is 2. The fourth-order valence-corrected chi connectivity index (χ4v) is 3.27. The van der Waals surface area contributed by atoms with Crippen molar-refractivity contribution >= 4 is 10.0 Å². The highest BCUT2D eigenvalue weighted by molar-refractivity contribution is 7.89. The lowest BCUT2D eigenvalue weighted by Crippen LogP contribution is -2.38. The first-order valence-corrected chi connectivity index (χ1v) is 7.63. The molecule has 2 rings (SSSR count). The Hall–Kier alpha value is -1.05. The molecule has 1 aliphatic heterocycles. The normalized spacial score (nSPS) is 20.4. The van der Waals surface area contributed by atoms with Gasteiger partial charge in [0.05, 0.1) is 0 Å². The van der Waals surface area contributed by atoms with E-state index < -0.39 is 26.6 Å². The maximum Gasteiger partial charge on any atom is 0.243 e. The van der Waals surface area contributed by atoms with E-state index in [2.05, 4.69) is 10.0 Å². The summed E-state index contributed by atoms with van der Waals surface area (Å²) >= 11 is 0. The summed E-state index contributed by atoms with van der Waals surface area (Å²) in [5.74, 6) is -1.67. The van der Waals surface area contributed by atoms with Crippen LogP contribution in [-0.4, -0.2) is 28.1 Å². The van der Waals surface area contributed by atoms with Crippen molar-refractivity contribution in [2.24, 2.45) is 5.92 Å². The Balaban J connectivity index is 2.05. The molecular weight excluding hydrogens is 274 g/mol. The Morgan fingerprint density at radius 1 is 1.37 bits per heavy atom. The van der Waals surface area contributed by atoms with E-state index in [-0.39, 0.29) is 12.5 Å². The average Bonchev–Trinajstić information content (AvgIpc) is 2.37. The molecule has 1 aliphatic rings. The number of sulfonamides is 1. The van der Waals surface area contributed by atoms with Gasteiger partial charge in [0, 0.05) is 12.6 Å². The van der Waals surface area contributed by atoms with Gasteiger partial charge in [-0.3, -0.25) is 0 Å². The number of halogens is 2. The van der Waals surface area contributed by atoms with Gasteiger partial charge in [-0.2, -0.15) is 0 Å². The number of benzene rings is 1. The first-order chi connectivity index (χ1) is 8.99. The predicted molar refractivity (Wildman–Crippen MR) is 67.1 cm³/mol. The third-order valence-electron chi connectivity index (χ3n) is 3.14. The van der Waals surface area contributed by atoms with Crippen LogP contribution in [0.5, 0.6) is 0 Å². The molecule has 1 heterocycles. The summed E-state index contributed by atoms with van der Waals surface area (Å²) < 4.78 is 52.4. The van der Waals surface area contributed by atoms with Crippen LogP contribution in [0.1, 0.15) is 12.8 Å². The zero-order valence-electron chi connectivity index (χ0n) is 10.3. The standard InChI is InChI=1S/C12H16F2N2O2S/c13-10-3-4-12(11(14)6-10)19(17,18)16-8-9-2-1-5-15-7-9/h3-4,6,9,15-16H,1-2,5,7-8H2/t9-/m1/s1. The maximum atomic E-state index is 13.4. The van der Waals surface area contributed by atoms with Gasteiger partial charge in [-0.1, -0.05) is 0 Å². The van der Waals surface area contributed by atoms with E-state index in [1.54, 1.807) is 0 Å². The Morgan fingerprint density at radius 3 is 2.79 bits per heavy atom. The lowest BCUT2D eigenvalue weighted by Gasteiger charge is -2.22. The second-order valence-electron chi connectivity index (χ2n) is 4.64. The van der Waals surface area contributed by atoms with E-state index in [1.165, 1.54) is 0 Å². The van der Waals surface area contributed by atoms with Crippen molar-refractivity contribution in [2.75, 3.05) is 19.6 Å². The minimum absolute atomic E-state index is 0.201. The van der Waals surface area contributed by atoms with Crippen LogP contribution in [0.4, 0.5) is 8.78 Å².